The van der Waals surface area contributed by atoms with Crippen molar-refractivity contribution in [2.75, 3.05) is 12.4 Å². The molecule has 0 atom stereocenters. The topological polar surface area (TPSA) is 73.2 Å². The van der Waals surface area contributed by atoms with Crippen molar-refractivity contribution in [3.05, 3.63) is 46.8 Å². The Morgan fingerprint density at radius 2 is 1.75 bits per heavy atom. The van der Waals surface area contributed by atoms with Gasteiger partial charge in [0.05, 0.1) is 18.5 Å². The van der Waals surface area contributed by atoms with E-state index in [1.165, 1.54) is 11.8 Å². The van der Waals surface area contributed by atoms with Gasteiger partial charge in [-0.1, -0.05) is 32.9 Å². The minimum Gasteiger partial charge on any atom is -0.464 e. The summed E-state index contributed by atoms with van der Waals surface area (Å²) in [5, 5.41) is 6.94. The van der Waals surface area contributed by atoms with Gasteiger partial charge in [-0.05, 0) is 30.0 Å². The summed E-state index contributed by atoms with van der Waals surface area (Å²) in [4.78, 5) is 24.4. The molecule has 2 aromatic rings. The van der Waals surface area contributed by atoms with E-state index in [0.717, 1.165) is 5.56 Å². The highest BCUT2D eigenvalue weighted by Gasteiger charge is 2.23. The molecular weight excluding hydrogens is 306 g/mol. The van der Waals surface area contributed by atoms with E-state index in [1.807, 2.05) is 12.1 Å². The van der Waals surface area contributed by atoms with Crippen LogP contribution in [0.5, 0.6) is 0 Å². The van der Waals surface area contributed by atoms with E-state index in [4.69, 9.17) is 4.74 Å². The number of hydrogen-bond donors (Lipinski definition) is 1. The average molecular weight is 329 g/mol. The van der Waals surface area contributed by atoms with Crippen LogP contribution in [0.15, 0.2) is 24.3 Å². The number of nitrogens with zero attached hydrogens (tertiary/aromatic N) is 2. The predicted molar refractivity (Wildman–Crippen MR) is 92.4 cm³/mol. The molecule has 0 unspecified atom stereocenters. The molecule has 0 saturated heterocycles. The number of benzene rings is 1. The number of anilines is 1. The van der Waals surface area contributed by atoms with Crippen molar-refractivity contribution in [1.82, 2.24) is 9.78 Å². The number of amides is 1. The third kappa shape index (κ3) is 3.48. The van der Waals surface area contributed by atoms with Crippen LogP contribution in [0, 0.1) is 6.92 Å². The fourth-order valence-electron chi connectivity index (χ4n) is 2.45. The standard InChI is InChI=1S/C18H23N3O3/c1-11-14(15(17(23)24-6)21(5)20-11)19-16(22)12-7-9-13(10-8-12)18(2,3)4/h7-10H,1-6H3,(H,19,22). The second-order valence-corrected chi connectivity index (χ2v) is 6.71. The molecule has 0 aliphatic rings. The molecule has 1 amide bonds. The molecule has 128 valence electrons. The van der Waals surface area contributed by atoms with E-state index in [2.05, 4.69) is 31.2 Å². The predicted octanol–water partition coefficient (Wildman–Crippen LogP) is 3.06. The summed E-state index contributed by atoms with van der Waals surface area (Å²) in [5.41, 5.74) is 2.82. The van der Waals surface area contributed by atoms with Gasteiger partial charge in [-0.15, -0.1) is 0 Å². The summed E-state index contributed by atoms with van der Waals surface area (Å²) in [6, 6.07) is 7.43. The maximum Gasteiger partial charge on any atom is 0.358 e. The normalized spacial score (nSPS) is 11.2. The smallest absolute Gasteiger partial charge is 0.358 e. The van der Waals surface area contributed by atoms with Crippen molar-refractivity contribution in [1.29, 1.82) is 0 Å². The number of ether oxygens (including phenoxy) is 1. The van der Waals surface area contributed by atoms with Crippen molar-refractivity contribution in [3.63, 3.8) is 0 Å². The summed E-state index contributed by atoms with van der Waals surface area (Å²) < 4.78 is 6.16. The van der Waals surface area contributed by atoms with Crippen LogP contribution in [0.3, 0.4) is 0 Å². The Hall–Kier alpha value is -2.63. The lowest BCUT2D eigenvalue weighted by molar-refractivity contribution is 0.0589. The van der Waals surface area contributed by atoms with Gasteiger partial charge in [0.2, 0.25) is 0 Å². The quantitative estimate of drug-likeness (QED) is 0.878. The van der Waals surface area contributed by atoms with E-state index in [-0.39, 0.29) is 17.0 Å². The van der Waals surface area contributed by atoms with Gasteiger partial charge < -0.3 is 10.1 Å². The van der Waals surface area contributed by atoms with Crippen LogP contribution in [0.2, 0.25) is 0 Å². The number of aryl methyl sites for hydroxylation is 2. The second kappa shape index (κ2) is 6.47. The van der Waals surface area contributed by atoms with Crippen LogP contribution in [0.25, 0.3) is 0 Å². The van der Waals surface area contributed by atoms with E-state index in [9.17, 15) is 9.59 Å². The number of carbonyl (C=O) groups is 2. The Bertz CT molecular complexity index is 768. The van der Waals surface area contributed by atoms with Crippen LogP contribution in [-0.2, 0) is 17.2 Å². The molecule has 0 radical (unpaired) electrons. The van der Waals surface area contributed by atoms with Crippen LogP contribution in [0.1, 0.15) is 52.9 Å². The Balaban J connectivity index is 2.29. The zero-order chi connectivity index (χ0) is 18.1. The van der Waals surface area contributed by atoms with Crippen molar-refractivity contribution >= 4 is 17.6 Å². The molecule has 0 fully saturated rings. The minimum atomic E-state index is -0.545. The first-order valence-corrected chi connectivity index (χ1v) is 7.69. The molecule has 0 saturated carbocycles. The number of nitrogens with one attached hydrogen (secondary N) is 1. The van der Waals surface area contributed by atoms with Gasteiger partial charge in [0.25, 0.3) is 5.91 Å². The van der Waals surface area contributed by atoms with Crippen molar-refractivity contribution in [2.45, 2.75) is 33.1 Å². The van der Waals surface area contributed by atoms with Crippen LogP contribution >= 0.6 is 0 Å². The number of esters is 1. The highest BCUT2D eigenvalue weighted by Crippen LogP contribution is 2.24. The molecule has 0 aliphatic carbocycles. The Labute approximate surface area is 141 Å². The van der Waals surface area contributed by atoms with Crippen molar-refractivity contribution in [3.8, 4) is 0 Å². The van der Waals surface area contributed by atoms with E-state index < -0.39 is 5.97 Å². The summed E-state index contributed by atoms with van der Waals surface area (Å²) in [6.07, 6.45) is 0. The molecule has 1 aromatic heterocycles. The zero-order valence-electron chi connectivity index (χ0n) is 14.9. The maximum absolute atomic E-state index is 12.5. The molecule has 0 aliphatic heterocycles. The molecule has 0 spiro atoms. The van der Waals surface area contributed by atoms with Gasteiger partial charge in [0.15, 0.2) is 5.69 Å². The van der Waals surface area contributed by atoms with Gasteiger partial charge in [-0.25, -0.2) is 4.79 Å². The first-order chi connectivity index (χ1) is 11.1. The second-order valence-electron chi connectivity index (χ2n) is 6.71. The lowest BCUT2D eigenvalue weighted by atomic mass is 9.87. The van der Waals surface area contributed by atoms with Crippen molar-refractivity contribution < 1.29 is 14.3 Å². The van der Waals surface area contributed by atoms with Gasteiger partial charge in [0, 0.05) is 12.6 Å². The molecule has 6 nitrogen and oxygen atoms in total. The molecule has 1 N–H and O–H groups in total. The third-order valence-electron chi connectivity index (χ3n) is 3.85. The summed E-state index contributed by atoms with van der Waals surface area (Å²) >= 11 is 0. The molecule has 6 heteroatoms. The fraction of sp³-hybridized carbons (Fsp3) is 0.389. The Morgan fingerprint density at radius 3 is 2.25 bits per heavy atom. The number of rotatable bonds is 3. The minimum absolute atomic E-state index is 0.0208. The lowest BCUT2D eigenvalue weighted by Crippen LogP contribution is -2.17. The number of hydrogen-bond acceptors (Lipinski definition) is 4. The number of carbonyl (C=O) groups excluding carboxylic acids is 2. The van der Waals surface area contributed by atoms with Gasteiger partial charge in [-0.3, -0.25) is 9.48 Å². The summed E-state index contributed by atoms with van der Waals surface area (Å²) in [5.74, 6) is -0.840. The third-order valence-corrected chi connectivity index (χ3v) is 3.85. The van der Waals surface area contributed by atoms with Crippen LogP contribution in [-0.4, -0.2) is 28.8 Å². The van der Waals surface area contributed by atoms with Crippen LogP contribution < -0.4 is 5.32 Å². The molecule has 24 heavy (non-hydrogen) atoms. The molecule has 0 bridgehead atoms. The number of aromatic nitrogens is 2. The van der Waals surface area contributed by atoms with Crippen molar-refractivity contribution in [2.24, 2.45) is 7.05 Å². The highest BCUT2D eigenvalue weighted by molar-refractivity contribution is 6.08. The molecule has 2 rings (SSSR count). The van der Waals surface area contributed by atoms with Crippen LogP contribution in [0.4, 0.5) is 5.69 Å². The monoisotopic (exact) mass is 329 g/mol. The molecular formula is C18H23N3O3. The van der Waals surface area contributed by atoms with Gasteiger partial charge in [0.1, 0.15) is 0 Å². The molecule has 1 aromatic carbocycles. The number of methoxy groups -OCH3 is 1. The lowest BCUT2D eigenvalue weighted by Gasteiger charge is -2.19. The highest BCUT2D eigenvalue weighted by atomic mass is 16.5. The van der Waals surface area contributed by atoms with E-state index >= 15 is 0 Å². The largest absolute Gasteiger partial charge is 0.464 e. The SMILES string of the molecule is COC(=O)c1c(NC(=O)c2ccc(C(C)(C)C)cc2)c(C)nn1C. The summed E-state index contributed by atoms with van der Waals surface area (Å²) in [7, 11) is 2.93. The first kappa shape index (κ1) is 17.7. The molecule has 1 heterocycles. The maximum atomic E-state index is 12.5. The van der Waals surface area contributed by atoms with Gasteiger partial charge in [-0.2, -0.15) is 5.10 Å². The fourth-order valence-corrected chi connectivity index (χ4v) is 2.45. The van der Waals surface area contributed by atoms with E-state index in [1.54, 1.807) is 26.1 Å². The van der Waals surface area contributed by atoms with E-state index in [0.29, 0.717) is 16.9 Å². The summed E-state index contributed by atoms with van der Waals surface area (Å²) in [6.45, 7) is 8.07. The van der Waals surface area contributed by atoms with Gasteiger partial charge >= 0.3 is 5.97 Å². The Morgan fingerprint density at radius 1 is 1.17 bits per heavy atom. The first-order valence-electron chi connectivity index (χ1n) is 7.69. The average Bonchev–Trinajstić information content (AvgIpc) is 2.79. The zero-order valence-corrected chi connectivity index (χ0v) is 14.9. The Kier molecular flexibility index (Phi) is 4.78.